The Morgan fingerprint density at radius 2 is 1.96 bits per heavy atom. The van der Waals surface area contributed by atoms with Crippen LogP contribution < -0.4 is 20.1 Å². The number of aliphatic imine (C=N–C) groups is 1. The Hall–Kier alpha value is -1.99. The molecule has 1 saturated carbocycles. The van der Waals surface area contributed by atoms with Crippen LogP contribution in [0.5, 0.6) is 11.5 Å². The summed E-state index contributed by atoms with van der Waals surface area (Å²) in [7, 11) is 0. The third-order valence-corrected chi connectivity index (χ3v) is 5.96. The molecule has 1 aliphatic carbocycles. The van der Waals surface area contributed by atoms with Crippen LogP contribution in [0.25, 0.3) is 0 Å². The first-order chi connectivity index (χ1) is 13.7. The number of fused-ring (bicyclic) bond motifs is 1. The highest BCUT2D eigenvalue weighted by Crippen LogP contribution is 2.50. The smallest absolute Gasteiger partial charge is 0.231 e. The minimum Gasteiger partial charge on any atom is -0.454 e. The lowest BCUT2D eigenvalue weighted by Crippen LogP contribution is -2.49. The van der Waals surface area contributed by atoms with Gasteiger partial charge in [-0.1, -0.05) is 6.07 Å². The fourth-order valence-electron chi connectivity index (χ4n) is 3.88. The molecule has 2 fully saturated rings. The van der Waals surface area contributed by atoms with Crippen LogP contribution in [0.2, 0.25) is 0 Å². The summed E-state index contributed by atoms with van der Waals surface area (Å²) in [4.78, 5) is 7.38. The van der Waals surface area contributed by atoms with Crippen molar-refractivity contribution in [1.82, 2.24) is 15.5 Å². The van der Waals surface area contributed by atoms with Crippen molar-refractivity contribution < 1.29 is 14.2 Å². The van der Waals surface area contributed by atoms with Gasteiger partial charge in [-0.05, 0) is 44.4 Å². The number of morpholine rings is 1. The average molecular weight is 389 g/mol. The predicted octanol–water partition coefficient (Wildman–Crippen LogP) is 1.72. The van der Waals surface area contributed by atoms with Gasteiger partial charge in [0.15, 0.2) is 17.5 Å². The van der Waals surface area contributed by atoms with E-state index in [0.29, 0.717) is 12.8 Å². The summed E-state index contributed by atoms with van der Waals surface area (Å²) < 4.78 is 16.4. The quantitative estimate of drug-likeness (QED) is 0.548. The number of nitrogens with one attached hydrogen (secondary N) is 2. The molecule has 0 aromatic heterocycles. The molecule has 3 aliphatic rings. The van der Waals surface area contributed by atoms with E-state index in [1.165, 1.54) is 18.4 Å². The van der Waals surface area contributed by atoms with Crippen molar-refractivity contribution in [3.05, 3.63) is 23.8 Å². The van der Waals surface area contributed by atoms with E-state index >= 15 is 0 Å². The molecule has 1 aromatic carbocycles. The van der Waals surface area contributed by atoms with Crippen molar-refractivity contribution in [3.8, 4) is 11.5 Å². The SMILES string of the molecule is CCNC(=NCC1(c2ccc3c(c2)OCO3)CC1)NCC(C)N1CCOCC1. The van der Waals surface area contributed by atoms with Gasteiger partial charge in [-0.25, -0.2) is 0 Å². The van der Waals surface area contributed by atoms with Crippen molar-refractivity contribution in [2.24, 2.45) is 4.99 Å². The molecular weight excluding hydrogens is 356 g/mol. The van der Waals surface area contributed by atoms with Gasteiger partial charge < -0.3 is 24.8 Å². The lowest BCUT2D eigenvalue weighted by Gasteiger charge is -2.32. The van der Waals surface area contributed by atoms with Gasteiger partial charge in [-0.3, -0.25) is 9.89 Å². The van der Waals surface area contributed by atoms with Crippen LogP contribution in [-0.4, -0.2) is 69.6 Å². The van der Waals surface area contributed by atoms with Crippen LogP contribution >= 0.6 is 0 Å². The van der Waals surface area contributed by atoms with E-state index in [2.05, 4.69) is 41.5 Å². The zero-order valence-electron chi connectivity index (χ0n) is 17.0. The molecule has 1 atom stereocenters. The molecule has 2 aliphatic heterocycles. The number of rotatable bonds is 7. The van der Waals surface area contributed by atoms with Crippen LogP contribution in [0.3, 0.4) is 0 Å². The summed E-state index contributed by atoms with van der Waals surface area (Å²) >= 11 is 0. The molecule has 4 rings (SSSR count). The van der Waals surface area contributed by atoms with Gasteiger partial charge >= 0.3 is 0 Å². The number of guanidine groups is 1. The van der Waals surface area contributed by atoms with Gasteiger partial charge in [0.25, 0.3) is 0 Å². The number of hydrogen-bond donors (Lipinski definition) is 2. The molecule has 2 heterocycles. The Morgan fingerprint density at radius 3 is 2.71 bits per heavy atom. The highest BCUT2D eigenvalue weighted by atomic mass is 16.7. The van der Waals surface area contributed by atoms with E-state index in [1.54, 1.807) is 0 Å². The standard InChI is InChI=1S/C21H32N4O3/c1-3-22-20(23-13-16(2)25-8-10-26-11-9-25)24-14-21(6-7-21)17-4-5-18-19(12-17)28-15-27-18/h4-5,12,16H,3,6-11,13-15H2,1-2H3,(H2,22,23,24). The van der Waals surface area contributed by atoms with Crippen molar-refractivity contribution in [1.29, 1.82) is 0 Å². The molecule has 154 valence electrons. The summed E-state index contributed by atoms with van der Waals surface area (Å²) in [5.41, 5.74) is 1.44. The fourth-order valence-corrected chi connectivity index (χ4v) is 3.88. The molecule has 0 radical (unpaired) electrons. The first-order valence-electron chi connectivity index (χ1n) is 10.4. The van der Waals surface area contributed by atoms with E-state index < -0.39 is 0 Å². The van der Waals surface area contributed by atoms with E-state index in [-0.39, 0.29) is 5.41 Å². The van der Waals surface area contributed by atoms with Gasteiger partial charge in [0.1, 0.15) is 0 Å². The Balaban J connectivity index is 1.36. The first kappa shape index (κ1) is 19.3. The van der Waals surface area contributed by atoms with Crippen molar-refractivity contribution >= 4 is 5.96 Å². The van der Waals surface area contributed by atoms with Crippen molar-refractivity contribution in [3.63, 3.8) is 0 Å². The molecule has 0 amide bonds. The summed E-state index contributed by atoms with van der Waals surface area (Å²) in [6.07, 6.45) is 2.33. The highest BCUT2D eigenvalue weighted by Gasteiger charge is 2.44. The first-order valence-corrected chi connectivity index (χ1v) is 10.4. The summed E-state index contributed by atoms with van der Waals surface area (Å²) in [6.45, 7) is 10.9. The lowest BCUT2D eigenvalue weighted by atomic mass is 9.96. The number of nitrogens with zero attached hydrogens (tertiary/aromatic N) is 2. The Morgan fingerprint density at radius 1 is 1.18 bits per heavy atom. The Labute approximate surface area is 167 Å². The number of benzene rings is 1. The molecule has 7 nitrogen and oxygen atoms in total. The van der Waals surface area contributed by atoms with Crippen LogP contribution in [0, 0.1) is 0 Å². The number of ether oxygens (including phenoxy) is 3. The Bertz CT molecular complexity index is 699. The maximum Gasteiger partial charge on any atom is 0.231 e. The molecule has 7 heteroatoms. The average Bonchev–Trinajstić information content (AvgIpc) is 3.38. The van der Waals surface area contributed by atoms with Crippen LogP contribution in [0.15, 0.2) is 23.2 Å². The molecule has 28 heavy (non-hydrogen) atoms. The van der Waals surface area contributed by atoms with Crippen LogP contribution in [-0.2, 0) is 10.2 Å². The monoisotopic (exact) mass is 388 g/mol. The normalized spacial score (nSPS) is 22.0. The highest BCUT2D eigenvalue weighted by molar-refractivity contribution is 5.79. The van der Waals surface area contributed by atoms with Crippen molar-refractivity contribution in [2.45, 2.75) is 38.1 Å². The second-order valence-corrected chi connectivity index (χ2v) is 7.92. The van der Waals surface area contributed by atoms with Crippen LogP contribution in [0.4, 0.5) is 0 Å². The molecule has 2 N–H and O–H groups in total. The summed E-state index contributed by atoms with van der Waals surface area (Å²) in [5, 5.41) is 6.91. The molecule has 0 spiro atoms. The molecule has 1 unspecified atom stereocenters. The van der Waals surface area contributed by atoms with Gasteiger partial charge in [0, 0.05) is 37.6 Å². The van der Waals surface area contributed by atoms with E-state index in [0.717, 1.165) is 63.4 Å². The van der Waals surface area contributed by atoms with E-state index in [4.69, 9.17) is 19.2 Å². The van der Waals surface area contributed by atoms with E-state index in [1.807, 2.05) is 6.07 Å². The van der Waals surface area contributed by atoms with Gasteiger partial charge in [0.05, 0.1) is 19.8 Å². The minimum atomic E-state index is 0.138. The van der Waals surface area contributed by atoms with E-state index in [9.17, 15) is 0 Å². The second-order valence-electron chi connectivity index (χ2n) is 7.92. The van der Waals surface area contributed by atoms with Crippen LogP contribution in [0.1, 0.15) is 32.3 Å². The molecule has 1 saturated heterocycles. The zero-order valence-corrected chi connectivity index (χ0v) is 17.0. The predicted molar refractivity (Wildman–Crippen MR) is 109 cm³/mol. The number of hydrogen-bond acceptors (Lipinski definition) is 5. The van der Waals surface area contributed by atoms with Crippen molar-refractivity contribution in [2.75, 3.05) is 52.7 Å². The minimum absolute atomic E-state index is 0.138. The lowest BCUT2D eigenvalue weighted by molar-refractivity contribution is 0.0211. The fraction of sp³-hybridized carbons (Fsp3) is 0.667. The molecular formula is C21H32N4O3. The second kappa shape index (κ2) is 8.57. The molecule has 0 bridgehead atoms. The topological polar surface area (TPSA) is 67.4 Å². The maximum absolute atomic E-state index is 5.55. The van der Waals surface area contributed by atoms with Gasteiger partial charge in [-0.15, -0.1) is 0 Å². The van der Waals surface area contributed by atoms with Gasteiger partial charge in [0.2, 0.25) is 6.79 Å². The summed E-state index contributed by atoms with van der Waals surface area (Å²) in [6, 6.07) is 6.77. The van der Waals surface area contributed by atoms with Gasteiger partial charge in [-0.2, -0.15) is 0 Å². The molecule has 1 aromatic rings. The summed E-state index contributed by atoms with van der Waals surface area (Å²) in [5.74, 6) is 2.60. The third-order valence-electron chi connectivity index (χ3n) is 5.96. The largest absolute Gasteiger partial charge is 0.454 e. The third kappa shape index (κ3) is 4.36. The Kier molecular flexibility index (Phi) is 5.92. The maximum atomic E-state index is 5.55. The zero-order chi connectivity index (χ0) is 19.4.